The van der Waals surface area contributed by atoms with Gasteiger partial charge in [-0.15, -0.1) is 0 Å². The van der Waals surface area contributed by atoms with E-state index in [1.54, 1.807) is 6.07 Å². The number of carbonyl (C=O) groups is 1. The minimum Gasteiger partial charge on any atom is -0.353 e. The largest absolute Gasteiger partial charge is 0.353 e. The molecule has 4 rings (SSSR count). The molecule has 0 radical (unpaired) electrons. The molecule has 1 saturated heterocycles. The molecule has 0 aliphatic carbocycles. The van der Waals surface area contributed by atoms with Crippen LogP contribution in [0.1, 0.15) is 30.1 Å². The van der Waals surface area contributed by atoms with Crippen molar-refractivity contribution in [3.05, 3.63) is 59.9 Å². The van der Waals surface area contributed by atoms with E-state index >= 15 is 0 Å². The van der Waals surface area contributed by atoms with Gasteiger partial charge >= 0.3 is 0 Å². The highest BCUT2D eigenvalue weighted by Crippen LogP contribution is 2.31. The fourth-order valence-electron chi connectivity index (χ4n) is 3.73. The van der Waals surface area contributed by atoms with Crippen molar-refractivity contribution in [3.8, 4) is 11.3 Å². The van der Waals surface area contributed by atoms with E-state index in [0.717, 1.165) is 24.9 Å². The first kappa shape index (κ1) is 17.5. The van der Waals surface area contributed by atoms with E-state index in [9.17, 15) is 4.79 Å². The number of hydrogen-bond donors (Lipinski definition) is 1. The molecule has 1 aliphatic rings. The molecule has 140 valence electrons. The van der Waals surface area contributed by atoms with Crippen molar-refractivity contribution in [1.82, 2.24) is 14.6 Å². The van der Waals surface area contributed by atoms with Crippen LogP contribution in [-0.2, 0) is 11.8 Å². The summed E-state index contributed by atoms with van der Waals surface area (Å²) in [5.74, 6) is 0.299. The van der Waals surface area contributed by atoms with Gasteiger partial charge in [0.15, 0.2) is 0 Å². The van der Waals surface area contributed by atoms with Crippen molar-refractivity contribution in [3.63, 3.8) is 0 Å². The molecule has 6 heteroatoms. The summed E-state index contributed by atoms with van der Waals surface area (Å²) in [5, 5.41) is 6.90. The topological polar surface area (TPSA) is 63.3 Å². The first-order chi connectivity index (χ1) is 13.1. The number of nitrogens with zero attached hydrogens (tertiary/aromatic N) is 3. The van der Waals surface area contributed by atoms with Crippen LogP contribution in [0.5, 0.6) is 0 Å². The van der Waals surface area contributed by atoms with E-state index in [-0.39, 0.29) is 11.9 Å². The number of amides is 1. The lowest BCUT2D eigenvalue weighted by atomic mass is 10.1. The molecule has 2 aromatic heterocycles. The Labute approximate surface area is 158 Å². The highest BCUT2D eigenvalue weighted by Gasteiger charge is 2.29. The molecule has 3 heterocycles. The number of likely N-dealkylation sites (tertiary alicyclic amines) is 1. The summed E-state index contributed by atoms with van der Waals surface area (Å²) in [6.07, 6.45) is 4.22. The van der Waals surface area contributed by atoms with Crippen molar-refractivity contribution in [2.75, 3.05) is 18.4 Å². The maximum atomic E-state index is 12.5. The predicted octanol–water partition coefficient (Wildman–Crippen LogP) is 3.76. The molecule has 1 aromatic carbocycles. The quantitative estimate of drug-likeness (QED) is 0.749. The van der Waals surface area contributed by atoms with E-state index < -0.39 is 0 Å². The molecule has 6 nitrogen and oxygen atoms in total. The molecule has 1 N–H and O–H groups in total. The number of aromatic nitrogens is 2. The van der Waals surface area contributed by atoms with Gasteiger partial charge in [0.25, 0.3) is 0 Å². The Morgan fingerprint density at radius 3 is 2.85 bits per heavy atom. The molecule has 1 aliphatic heterocycles. The standard InChI is InChI=1S/C21H24N4O2/c1-15-7-9-16(10-8-15)17-13-21(27-23-17)22-20(26)14-25-12-4-6-19(25)18-5-3-11-24(18)2/h3,5,7-11,13,19H,4,6,12,14H2,1-2H3,(H,22,26)/t19-/m0/s1. The zero-order chi connectivity index (χ0) is 18.8. The summed E-state index contributed by atoms with van der Waals surface area (Å²) in [7, 11) is 2.05. The summed E-state index contributed by atoms with van der Waals surface area (Å²) < 4.78 is 7.43. The van der Waals surface area contributed by atoms with Crippen LogP contribution < -0.4 is 5.32 Å². The van der Waals surface area contributed by atoms with Gasteiger partial charge in [0, 0.05) is 30.6 Å². The van der Waals surface area contributed by atoms with Crippen molar-refractivity contribution in [1.29, 1.82) is 0 Å². The lowest BCUT2D eigenvalue weighted by Crippen LogP contribution is -2.33. The van der Waals surface area contributed by atoms with Crippen molar-refractivity contribution >= 4 is 11.8 Å². The van der Waals surface area contributed by atoms with E-state index in [0.29, 0.717) is 18.1 Å². The van der Waals surface area contributed by atoms with Crippen LogP contribution in [0.3, 0.4) is 0 Å². The molecule has 1 amide bonds. The van der Waals surface area contributed by atoms with Gasteiger partial charge in [0.1, 0.15) is 5.69 Å². The van der Waals surface area contributed by atoms with Gasteiger partial charge in [-0.1, -0.05) is 35.0 Å². The first-order valence-electron chi connectivity index (χ1n) is 9.29. The number of benzene rings is 1. The summed E-state index contributed by atoms with van der Waals surface area (Å²) in [6, 6.07) is 14.3. The van der Waals surface area contributed by atoms with Gasteiger partial charge in [-0.25, -0.2) is 0 Å². The minimum absolute atomic E-state index is 0.0808. The Morgan fingerprint density at radius 2 is 2.11 bits per heavy atom. The molecule has 1 atom stereocenters. The first-order valence-corrected chi connectivity index (χ1v) is 9.29. The van der Waals surface area contributed by atoms with E-state index in [1.165, 1.54) is 11.3 Å². The average Bonchev–Trinajstić information content (AvgIpc) is 3.37. The van der Waals surface area contributed by atoms with Gasteiger partial charge in [0.05, 0.1) is 12.6 Å². The average molecular weight is 364 g/mol. The number of hydrogen-bond acceptors (Lipinski definition) is 4. The van der Waals surface area contributed by atoms with Crippen LogP contribution in [-0.4, -0.2) is 33.6 Å². The highest BCUT2D eigenvalue weighted by molar-refractivity contribution is 5.91. The second kappa shape index (κ2) is 7.40. The zero-order valence-corrected chi connectivity index (χ0v) is 15.7. The van der Waals surface area contributed by atoms with E-state index in [4.69, 9.17) is 4.52 Å². The van der Waals surface area contributed by atoms with Crippen LogP contribution in [0, 0.1) is 6.92 Å². The SMILES string of the molecule is Cc1ccc(-c2cc(NC(=O)CN3CCC[C@H]3c3cccn3C)on2)cc1. The third-order valence-corrected chi connectivity index (χ3v) is 5.16. The molecule has 0 unspecified atom stereocenters. The third kappa shape index (κ3) is 3.80. The molecule has 1 fully saturated rings. The fourth-order valence-corrected chi connectivity index (χ4v) is 3.73. The number of aryl methyl sites for hydroxylation is 2. The number of carbonyl (C=O) groups excluding carboxylic acids is 1. The van der Waals surface area contributed by atoms with Crippen LogP contribution in [0.2, 0.25) is 0 Å². The van der Waals surface area contributed by atoms with Gasteiger partial charge in [-0.2, -0.15) is 0 Å². The molecule has 27 heavy (non-hydrogen) atoms. The fraction of sp³-hybridized carbons (Fsp3) is 0.333. The third-order valence-electron chi connectivity index (χ3n) is 5.16. The summed E-state index contributed by atoms with van der Waals surface area (Å²) in [5.41, 5.74) is 4.12. The Bertz CT molecular complexity index is 926. The van der Waals surface area contributed by atoms with Gasteiger partial charge in [0.2, 0.25) is 11.8 Å². The van der Waals surface area contributed by atoms with Crippen LogP contribution in [0.4, 0.5) is 5.88 Å². The second-order valence-electron chi connectivity index (χ2n) is 7.16. The Balaban J connectivity index is 1.39. The highest BCUT2D eigenvalue weighted by atomic mass is 16.5. The summed E-state index contributed by atoms with van der Waals surface area (Å²) >= 11 is 0. The Hall–Kier alpha value is -2.86. The predicted molar refractivity (Wildman–Crippen MR) is 104 cm³/mol. The van der Waals surface area contributed by atoms with Gasteiger partial charge < -0.3 is 9.09 Å². The molecule has 0 spiro atoms. The van der Waals surface area contributed by atoms with Crippen molar-refractivity contribution in [2.24, 2.45) is 7.05 Å². The monoisotopic (exact) mass is 364 g/mol. The Morgan fingerprint density at radius 1 is 1.30 bits per heavy atom. The summed E-state index contributed by atoms with van der Waals surface area (Å²) in [6.45, 7) is 3.31. The minimum atomic E-state index is -0.0808. The molecule has 0 saturated carbocycles. The van der Waals surface area contributed by atoms with Gasteiger partial charge in [-0.05, 0) is 38.4 Å². The van der Waals surface area contributed by atoms with Crippen LogP contribution in [0.15, 0.2) is 53.2 Å². The number of rotatable bonds is 5. The number of anilines is 1. The zero-order valence-electron chi connectivity index (χ0n) is 15.7. The maximum absolute atomic E-state index is 12.5. The molecular formula is C21H24N4O2. The van der Waals surface area contributed by atoms with Gasteiger partial charge in [-0.3, -0.25) is 15.0 Å². The smallest absolute Gasteiger partial charge is 0.240 e. The molecule has 0 bridgehead atoms. The van der Waals surface area contributed by atoms with Crippen LogP contribution >= 0.6 is 0 Å². The summed E-state index contributed by atoms with van der Waals surface area (Å²) in [4.78, 5) is 14.7. The van der Waals surface area contributed by atoms with Crippen LogP contribution in [0.25, 0.3) is 11.3 Å². The van der Waals surface area contributed by atoms with E-state index in [2.05, 4.69) is 26.0 Å². The Kier molecular flexibility index (Phi) is 4.81. The van der Waals surface area contributed by atoms with Crippen molar-refractivity contribution < 1.29 is 9.32 Å². The second-order valence-corrected chi connectivity index (χ2v) is 7.16. The van der Waals surface area contributed by atoms with Crippen molar-refractivity contribution in [2.45, 2.75) is 25.8 Å². The molecule has 3 aromatic rings. The normalized spacial score (nSPS) is 17.3. The van der Waals surface area contributed by atoms with E-state index in [1.807, 2.05) is 50.5 Å². The maximum Gasteiger partial charge on any atom is 0.240 e. The molecular weight excluding hydrogens is 340 g/mol. The number of nitrogens with one attached hydrogen (secondary N) is 1. The lowest BCUT2D eigenvalue weighted by Gasteiger charge is -2.24. The lowest BCUT2D eigenvalue weighted by molar-refractivity contribution is -0.117.